The Kier molecular flexibility index (Phi) is 8.22. The van der Waals surface area contributed by atoms with Gasteiger partial charge in [0.2, 0.25) is 0 Å². The maximum Gasteiger partial charge on any atom is 0.416 e. The highest BCUT2D eigenvalue weighted by atomic mass is 19.4. The van der Waals surface area contributed by atoms with Gasteiger partial charge in [-0.1, -0.05) is 60.2 Å². The van der Waals surface area contributed by atoms with Crippen molar-refractivity contribution < 1.29 is 27.5 Å². The number of allylic oxidation sites excluding steroid dienone is 1. The summed E-state index contributed by atoms with van der Waals surface area (Å²) in [5, 5.41) is 9.54. The summed E-state index contributed by atoms with van der Waals surface area (Å²) in [7, 11) is 0. The first-order chi connectivity index (χ1) is 19.2. The van der Waals surface area contributed by atoms with Crippen LogP contribution in [0.25, 0.3) is 17.2 Å². The number of aromatic carboxylic acids is 1. The second-order valence-electron chi connectivity index (χ2n) is 10.4. The molecule has 0 bridgehead atoms. The molecular formula is C33H31F4NO2. The maximum atomic E-state index is 14.1. The molecule has 0 saturated carbocycles. The van der Waals surface area contributed by atoms with Crippen molar-refractivity contribution in [2.45, 2.75) is 38.3 Å². The summed E-state index contributed by atoms with van der Waals surface area (Å²) in [5.41, 5.74) is 5.61. The normalized spacial score (nSPS) is 17.2. The number of benzene rings is 3. The van der Waals surface area contributed by atoms with E-state index >= 15 is 0 Å². The minimum atomic E-state index is -4.51. The van der Waals surface area contributed by atoms with Crippen molar-refractivity contribution in [2.24, 2.45) is 0 Å². The Labute approximate surface area is 231 Å². The van der Waals surface area contributed by atoms with Crippen molar-refractivity contribution >= 4 is 23.2 Å². The molecule has 208 valence electrons. The number of rotatable bonds is 7. The van der Waals surface area contributed by atoms with Crippen LogP contribution < -0.4 is 0 Å². The zero-order valence-electron chi connectivity index (χ0n) is 22.1. The van der Waals surface area contributed by atoms with E-state index in [2.05, 4.69) is 11.0 Å². The molecule has 3 nitrogen and oxygen atoms in total. The number of halogens is 4. The first kappa shape index (κ1) is 27.8. The standard InChI is InChI=1S/C33H31F4NO2/c34-16-4-17-38-18-15-23(21-38)19-22-9-11-24(12-10-22)31-27-14-13-26(32(39)40)20-25(27)5-3-7-29(31)28-6-1-2-8-30(28)33(35,36)37/h1-2,6,8-14,19-20H,3-5,7,15-18,21H2,(H,39,40)/b23-19-. The van der Waals surface area contributed by atoms with E-state index < -0.39 is 17.7 Å². The molecule has 1 N–H and O–H groups in total. The van der Waals surface area contributed by atoms with Crippen LogP contribution in [0.2, 0.25) is 0 Å². The Morgan fingerprint density at radius 2 is 1.73 bits per heavy atom. The number of fused-ring (bicyclic) bond motifs is 1. The fourth-order valence-electron chi connectivity index (χ4n) is 5.83. The van der Waals surface area contributed by atoms with Crippen LogP contribution in [0.5, 0.6) is 0 Å². The molecule has 0 radical (unpaired) electrons. The fraction of sp³-hybridized carbons (Fsp3) is 0.303. The van der Waals surface area contributed by atoms with E-state index in [4.69, 9.17) is 0 Å². The zero-order valence-corrected chi connectivity index (χ0v) is 22.1. The van der Waals surface area contributed by atoms with Crippen molar-refractivity contribution in [3.63, 3.8) is 0 Å². The second-order valence-corrected chi connectivity index (χ2v) is 10.4. The van der Waals surface area contributed by atoms with Gasteiger partial charge >= 0.3 is 12.1 Å². The van der Waals surface area contributed by atoms with Crippen LogP contribution in [0.3, 0.4) is 0 Å². The average molecular weight is 550 g/mol. The molecule has 0 aromatic heterocycles. The van der Waals surface area contributed by atoms with E-state index in [0.717, 1.165) is 54.4 Å². The monoisotopic (exact) mass is 549 g/mol. The molecule has 1 fully saturated rings. The lowest BCUT2D eigenvalue weighted by molar-refractivity contribution is -0.137. The Hall–Kier alpha value is -3.71. The molecule has 1 saturated heterocycles. The molecule has 1 aliphatic carbocycles. The average Bonchev–Trinajstić information content (AvgIpc) is 3.29. The summed E-state index contributed by atoms with van der Waals surface area (Å²) >= 11 is 0. The van der Waals surface area contributed by atoms with Crippen LogP contribution in [-0.4, -0.2) is 42.3 Å². The fourth-order valence-corrected chi connectivity index (χ4v) is 5.83. The molecule has 0 atom stereocenters. The van der Waals surface area contributed by atoms with E-state index in [-0.39, 0.29) is 17.8 Å². The van der Waals surface area contributed by atoms with Crippen LogP contribution in [0, 0.1) is 0 Å². The van der Waals surface area contributed by atoms with Gasteiger partial charge in [0.1, 0.15) is 0 Å². The summed E-state index contributed by atoms with van der Waals surface area (Å²) in [6, 6.07) is 18.4. The third-order valence-electron chi connectivity index (χ3n) is 7.71. The molecule has 2 aliphatic rings. The molecule has 3 aromatic carbocycles. The summed E-state index contributed by atoms with van der Waals surface area (Å²) in [6.45, 7) is 2.15. The first-order valence-corrected chi connectivity index (χ1v) is 13.6. The van der Waals surface area contributed by atoms with Crippen LogP contribution in [0.15, 0.2) is 72.3 Å². The molecule has 3 aromatic rings. The van der Waals surface area contributed by atoms with Gasteiger partial charge in [-0.15, -0.1) is 0 Å². The molecule has 0 unspecified atom stereocenters. The number of alkyl halides is 4. The molecular weight excluding hydrogens is 518 g/mol. The third-order valence-corrected chi connectivity index (χ3v) is 7.71. The second kappa shape index (κ2) is 11.8. The summed E-state index contributed by atoms with van der Waals surface area (Å²) in [4.78, 5) is 13.9. The van der Waals surface area contributed by atoms with E-state index in [1.54, 1.807) is 18.2 Å². The predicted molar refractivity (Wildman–Crippen MR) is 150 cm³/mol. The van der Waals surface area contributed by atoms with Crippen molar-refractivity contribution in [3.05, 3.63) is 111 Å². The molecule has 1 heterocycles. The van der Waals surface area contributed by atoms with E-state index in [1.165, 1.54) is 23.8 Å². The van der Waals surface area contributed by atoms with Crippen molar-refractivity contribution in [3.8, 4) is 0 Å². The minimum absolute atomic E-state index is 0.158. The topological polar surface area (TPSA) is 40.5 Å². The number of nitrogens with zero attached hydrogens (tertiary/aromatic N) is 1. The number of likely N-dealkylation sites (tertiary alicyclic amines) is 1. The number of carboxylic acids is 1. The molecule has 5 rings (SSSR count). The smallest absolute Gasteiger partial charge is 0.416 e. The number of carbonyl (C=O) groups is 1. The Bertz CT molecular complexity index is 1450. The van der Waals surface area contributed by atoms with Crippen molar-refractivity contribution in [1.82, 2.24) is 4.90 Å². The van der Waals surface area contributed by atoms with Gasteiger partial charge < -0.3 is 5.11 Å². The van der Waals surface area contributed by atoms with Crippen LogP contribution in [0.4, 0.5) is 17.6 Å². The van der Waals surface area contributed by atoms with Gasteiger partial charge in [-0.05, 0) is 89.3 Å². The largest absolute Gasteiger partial charge is 0.478 e. The van der Waals surface area contributed by atoms with Crippen LogP contribution >= 0.6 is 0 Å². The third kappa shape index (κ3) is 6.04. The van der Waals surface area contributed by atoms with Gasteiger partial charge in [0.05, 0.1) is 17.8 Å². The van der Waals surface area contributed by atoms with Crippen molar-refractivity contribution in [2.75, 3.05) is 26.3 Å². The summed E-state index contributed by atoms with van der Waals surface area (Å²) in [6.07, 6.45) is 0.689. The van der Waals surface area contributed by atoms with Gasteiger partial charge in [0, 0.05) is 19.6 Å². The van der Waals surface area contributed by atoms with Crippen LogP contribution in [0.1, 0.15) is 69.4 Å². The number of carboxylic acid groups (broad SMARTS) is 1. The Morgan fingerprint density at radius 1 is 0.950 bits per heavy atom. The summed E-state index contributed by atoms with van der Waals surface area (Å²) < 4.78 is 54.8. The van der Waals surface area contributed by atoms with E-state index in [9.17, 15) is 27.5 Å². The molecule has 7 heteroatoms. The lowest BCUT2D eigenvalue weighted by Crippen LogP contribution is -2.20. The van der Waals surface area contributed by atoms with Gasteiger partial charge in [0.25, 0.3) is 0 Å². The highest BCUT2D eigenvalue weighted by molar-refractivity contribution is 6.01. The number of aryl methyl sites for hydroxylation is 1. The Balaban J connectivity index is 1.60. The lowest BCUT2D eigenvalue weighted by atomic mass is 9.85. The van der Waals surface area contributed by atoms with Gasteiger partial charge in [-0.2, -0.15) is 13.2 Å². The van der Waals surface area contributed by atoms with Gasteiger partial charge in [-0.3, -0.25) is 9.29 Å². The predicted octanol–water partition coefficient (Wildman–Crippen LogP) is 8.15. The quantitative estimate of drug-likeness (QED) is 0.303. The lowest BCUT2D eigenvalue weighted by Gasteiger charge is -2.20. The van der Waals surface area contributed by atoms with Gasteiger partial charge in [-0.25, -0.2) is 4.79 Å². The SMILES string of the molecule is O=C(O)c1ccc2c(c1)CCCC(c1ccccc1C(F)(F)F)=C2c1ccc(/C=C2/CCN(CCCF)C2)cc1. The van der Waals surface area contributed by atoms with Gasteiger partial charge in [0.15, 0.2) is 0 Å². The minimum Gasteiger partial charge on any atom is -0.478 e. The number of hydrogen-bond acceptors (Lipinski definition) is 2. The highest BCUT2D eigenvalue weighted by Crippen LogP contribution is 2.44. The first-order valence-electron chi connectivity index (χ1n) is 13.6. The highest BCUT2D eigenvalue weighted by Gasteiger charge is 2.35. The Morgan fingerprint density at radius 3 is 2.45 bits per heavy atom. The van der Waals surface area contributed by atoms with Crippen molar-refractivity contribution in [1.29, 1.82) is 0 Å². The zero-order chi connectivity index (χ0) is 28.3. The molecule has 1 aliphatic heterocycles. The maximum absolute atomic E-state index is 14.1. The molecule has 40 heavy (non-hydrogen) atoms. The van der Waals surface area contributed by atoms with E-state index in [0.29, 0.717) is 36.8 Å². The van der Waals surface area contributed by atoms with Crippen LogP contribution in [-0.2, 0) is 12.6 Å². The summed E-state index contributed by atoms with van der Waals surface area (Å²) in [5.74, 6) is -1.03. The molecule has 0 amide bonds. The number of hydrogen-bond donors (Lipinski definition) is 1. The van der Waals surface area contributed by atoms with E-state index in [1.807, 2.05) is 24.3 Å². The molecule has 0 spiro atoms.